The zero-order chi connectivity index (χ0) is 18.4. The third-order valence-corrected chi connectivity index (χ3v) is 4.53. The summed E-state index contributed by atoms with van der Waals surface area (Å²) in [5.41, 5.74) is 6.62. The van der Waals surface area contributed by atoms with Gasteiger partial charge in [-0.2, -0.15) is 0 Å². The molecule has 0 radical (unpaired) electrons. The normalized spacial score (nSPS) is 11.8. The van der Waals surface area contributed by atoms with Gasteiger partial charge in [0.2, 0.25) is 11.3 Å². The van der Waals surface area contributed by atoms with Crippen LogP contribution in [0, 0.1) is 13.8 Å². The van der Waals surface area contributed by atoms with Gasteiger partial charge in [0.05, 0.1) is 18.3 Å². The summed E-state index contributed by atoms with van der Waals surface area (Å²) in [6.07, 6.45) is 0. The number of aromatic nitrogens is 2. The van der Waals surface area contributed by atoms with Crippen LogP contribution in [0.15, 0.2) is 35.1 Å². The molecule has 1 aromatic carbocycles. The Morgan fingerprint density at radius 2 is 1.76 bits per heavy atom. The highest BCUT2D eigenvalue weighted by atomic mass is 16.5. The van der Waals surface area contributed by atoms with Crippen LogP contribution in [0.5, 0.6) is 5.88 Å². The molecule has 25 heavy (non-hydrogen) atoms. The number of nitrogens with zero attached hydrogens (tertiary/aromatic N) is 1. The maximum atomic E-state index is 12.5. The summed E-state index contributed by atoms with van der Waals surface area (Å²) < 4.78 is 5.11. The van der Waals surface area contributed by atoms with Gasteiger partial charge in [-0.25, -0.2) is 4.98 Å². The Labute approximate surface area is 147 Å². The van der Waals surface area contributed by atoms with E-state index in [4.69, 9.17) is 4.74 Å². The van der Waals surface area contributed by atoms with Gasteiger partial charge in [0, 0.05) is 17.7 Å². The molecule has 0 amide bonds. The van der Waals surface area contributed by atoms with E-state index < -0.39 is 0 Å². The number of aromatic amines is 1. The van der Waals surface area contributed by atoms with E-state index in [0.717, 1.165) is 16.8 Å². The van der Waals surface area contributed by atoms with Crippen molar-refractivity contribution in [3.8, 4) is 17.1 Å². The average molecular weight is 336 g/mol. The van der Waals surface area contributed by atoms with Crippen LogP contribution in [0.4, 0.5) is 0 Å². The number of rotatable bonds is 2. The van der Waals surface area contributed by atoms with Crippen molar-refractivity contribution < 1.29 is 4.74 Å². The van der Waals surface area contributed by atoms with E-state index in [2.05, 4.69) is 56.7 Å². The van der Waals surface area contributed by atoms with E-state index in [9.17, 15) is 4.79 Å². The number of H-pyrrole nitrogens is 1. The molecule has 130 valence electrons. The van der Waals surface area contributed by atoms with Crippen LogP contribution < -0.4 is 10.2 Å². The predicted molar refractivity (Wildman–Crippen MR) is 103 cm³/mol. The van der Waals surface area contributed by atoms with Gasteiger partial charge in [-0.05, 0) is 48.1 Å². The van der Waals surface area contributed by atoms with Crippen LogP contribution in [0.25, 0.3) is 22.3 Å². The molecule has 4 nitrogen and oxygen atoms in total. The largest absolute Gasteiger partial charge is 0.481 e. The molecule has 0 fully saturated rings. The van der Waals surface area contributed by atoms with Gasteiger partial charge < -0.3 is 9.72 Å². The summed E-state index contributed by atoms with van der Waals surface area (Å²) in [6, 6.07) is 9.58. The molecule has 0 unspecified atom stereocenters. The molecular formula is C21H24N2O2. The van der Waals surface area contributed by atoms with E-state index in [1.807, 2.05) is 6.07 Å². The van der Waals surface area contributed by atoms with Crippen LogP contribution >= 0.6 is 0 Å². The van der Waals surface area contributed by atoms with Crippen molar-refractivity contribution >= 4 is 11.0 Å². The molecule has 0 aliphatic rings. The van der Waals surface area contributed by atoms with Crippen molar-refractivity contribution in [2.24, 2.45) is 0 Å². The minimum atomic E-state index is -0.111. The zero-order valence-electron chi connectivity index (χ0n) is 15.7. The maximum Gasteiger partial charge on any atom is 0.213 e. The van der Waals surface area contributed by atoms with Gasteiger partial charge in [-0.1, -0.05) is 26.8 Å². The van der Waals surface area contributed by atoms with Crippen molar-refractivity contribution in [2.75, 3.05) is 7.11 Å². The highest BCUT2D eigenvalue weighted by Gasteiger charge is 2.18. The lowest BCUT2D eigenvalue weighted by molar-refractivity contribution is 0.399. The number of benzene rings is 1. The summed E-state index contributed by atoms with van der Waals surface area (Å²) in [6.45, 7) is 10.8. The molecule has 1 N–H and O–H groups in total. The van der Waals surface area contributed by atoms with E-state index in [1.54, 1.807) is 19.2 Å². The highest BCUT2D eigenvalue weighted by Crippen LogP contribution is 2.32. The van der Waals surface area contributed by atoms with Gasteiger partial charge in [0.25, 0.3) is 0 Å². The zero-order valence-corrected chi connectivity index (χ0v) is 15.7. The minimum absolute atomic E-state index is 0.0879. The van der Waals surface area contributed by atoms with Crippen LogP contribution in [-0.2, 0) is 5.41 Å². The van der Waals surface area contributed by atoms with Gasteiger partial charge in [-0.15, -0.1) is 0 Å². The fourth-order valence-electron chi connectivity index (χ4n) is 3.28. The first kappa shape index (κ1) is 17.2. The Hall–Kier alpha value is -2.62. The van der Waals surface area contributed by atoms with Gasteiger partial charge >= 0.3 is 0 Å². The van der Waals surface area contributed by atoms with Crippen molar-refractivity contribution in [1.29, 1.82) is 0 Å². The summed E-state index contributed by atoms with van der Waals surface area (Å²) in [5.74, 6) is 0.437. The number of hydrogen-bond acceptors (Lipinski definition) is 3. The lowest BCUT2D eigenvalue weighted by Gasteiger charge is -2.23. The van der Waals surface area contributed by atoms with Gasteiger partial charge in [-0.3, -0.25) is 4.79 Å². The van der Waals surface area contributed by atoms with Crippen molar-refractivity contribution in [3.05, 3.63) is 57.2 Å². The Morgan fingerprint density at radius 3 is 2.40 bits per heavy atom. The Morgan fingerprint density at radius 1 is 1.04 bits per heavy atom. The Balaban J connectivity index is 2.20. The smallest absolute Gasteiger partial charge is 0.213 e. The average Bonchev–Trinajstić information content (AvgIpc) is 2.55. The highest BCUT2D eigenvalue weighted by molar-refractivity contribution is 5.79. The van der Waals surface area contributed by atoms with Crippen LogP contribution in [0.1, 0.15) is 37.5 Å². The molecule has 0 spiro atoms. The summed E-state index contributed by atoms with van der Waals surface area (Å²) >= 11 is 0. The lowest BCUT2D eigenvalue weighted by Crippen LogP contribution is -2.14. The van der Waals surface area contributed by atoms with Crippen LogP contribution in [0.2, 0.25) is 0 Å². The second-order valence-electron chi connectivity index (χ2n) is 7.53. The standard InChI is InChI=1S/C21H24N2O2/c1-12-10-15(21(3,4)5)13(2)9-14(12)17-11-18(24)20-16(22-17)7-8-19(23-20)25-6/h7-11H,1-6H3,(H,22,24). The predicted octanol–water partition coefficient (Wildman–Crippen LogP) is 4.51. The Kier molecular flexibility index (Phi) is 4.15. The second kappa shape index (κ2) is 6.03. The van der Waals surface area contributed by atoms with E-state index in [-0.39, 0.29) is 10.8 Å². The Bertz CT molecular complexity index is 1010. The van der Waals surface area contributed by atoms with Gasteiger partial charge in [0.15, 0.2) is 0 Å². The molecular weight excluding hydrogens is 312 g/mol. The first-order valence-electron chi connectivity index (χ1n) is 8.41. The molecule has 0 aliphatic carbocycles. The monoisotopic (exact) mass is 336 g/mol. The first-order chi connectivity index (χ1) is 11.7. The molecule has 3 rings (SSSR count). The molecule has 0 saturated heterocycles. The minimum Gasteiger partial charge on any atom is -0.481 e. The maximum absolute atomic E-state index is 12.5. The van der Waals surface area contributed by atoms with E-state index in [0.29, 0.717) is 16.9 Å². The summed E-state index contributed by atoms with van der Waals surface area (Å²) in [7, 11) is 1.54. The number of ether oxygens (including phenoxy) is 1. The molecule has 4 heteroatoms. The number of nitrogens with one attached hydrogen (secondary N) is 1. The first-order valence-corrected chi connectivity index (χ1v) is 8.41. The van der Waals surface area contributed by atoms with Crippen LogP contribution in [-0.4, -0.2) is 17.1 Å². The van der Waals surface area contributed by atoms with Crippen molar-refractivity contribution in [2.45, 2.75) is 40.0 Å². The van der Waals surface area contributed by atoms with E-state index >= 15 is 0 Å². The van der Waals surface area contributed by atoms with Gasteiger partial charge in [0.1, 0.15) is 5.52 Å². The molecule has 2 aromatic heterocycles. The van der Waals surface area contributed by atoms with Crippen LogP contribution in [0.3, 0.4) is 0 Å². The SMILES string of the molecule is COc1ccc2[nH]c(-c3cc(C)c(C(C)(C)C)cc3C)cc(=O)c2n1. The third kappa shape index (κ3) is 3.16. The summed E-state index contributed by atoms with van der Waals surface area (Å²) in [4.78, 5) is 20.1. The number of hydrogen-bond donors (Lipinski definition) is 1. The molecule has 0 saturated carbocycles. The second-order valence-corrected chi connectivity index (χ2v) is 7.53. The number of pyridine rings is 2. The fourth-order valence-corrected chi connectivity index (χ4v) is 3.28. The lowest BCUT2D eigenvalue weighted by atomic mass is 9.82. The number of fused-ring (bicyclic) bond motifs is 1. The van der Waals surface area contributed by atoms with Crippen molar-refractivity contribution in [3.63, 3.8) is 0 Å². The summed E-state index contributed by atoms with van der Waals surface area (Å²) in [5, 5.41) is 0. The topological polar surface area (TPSA) is 55.0 Å². The number of aryl methyl sites for hydroxylation is 2. The molecule has 2 heterocycles. The van der Waals surface area contributed by atoms with Crippen molar-refractivity contribution in [1.82, 2.24) is 9.97 Å². The third-order valence-electron chi connectivity index (χ3n) is 4.53. The fraction of sp³-hybridized carbons (Fsp3) is 0.333. The van der Waals surface area contributed by atoms with E-state index in [1.165, 1.54) is 11.1 Å². The number of methoxy groups -OCH3 is 1. The molecule has 0 aliphatic heterocycles. The molecule has 0 bridgehead atoms. The quantitative estimate of drug-likeness (QED) is 0.749. The molecule has 0 atom stereocenters. The molecule has 3 aromatic rings.